The Bertz CT molecular complexity index is 368. The van der Waals surface area contributed by atoms with E-state index in [-0.39, 0.29) is 0 Å². The monoisotopic (exact) mass is 284 g/mol. The number of rotatable bonds is 5. The number of hydrogen-bond donors (Lipinski definition) is 0. The van der Waals surface area contributed by atoms with Crippen molar-refractivity contribution in [2.45, 2.75) is 20.3 Å². The van der Waals surface area contributed by atoms with Crippen LogP contribution in [0.3, 0.4) is 0 Å². The highest BCUT2D eigenvalue weighted by Gasteiger charge is 2.02. The Labute approximate surface area is 105 Å². The van der Waals surface area contributed by atoms with Crippen LogP contribution in [0.4, 0.5) is 0 Å². The number of hydrogen-bond acceptors (Lipinski definition) is 2. The number of allylic oxidation sites excluding steroid dienone is 1. The van der Waals surface area contributed by atoms with Crippen LogP contribution in [-0.4, -0.2) is 13.7 Å². The van der Waals surface area contributed by atoms with Crippen LogP contribution in [0.25, 0.3) is 0 Å². The van der Waals surface area contributed by atoms with Crippen molar-refractivity contribution in [3.8, 4) is 11.5 Å². The lowest BCUT2D eigenvalue weighted by molar-refractivity contribution is 0.321. The molecule has 0 radical (unpaired) electrons. The zero-order valence-electron chi connectivity index (χ0n) is 9.92. The van der Waals surface area contributed by atoms with Gasteiger partial charge in [-0.1, -0.05) is 11.6 Å². The van der Waals surface area contributed by atoms with Crippen molar-refractivity contribution in [3.63, 3.8) is 0 Å². The Morgan fingerprint density at radius 3 is 2.69 bits per heavy atom. The topological polar surface area (TPSA) is 18.5 Å². The minimum Gasteiger partial charge on any atom is -0.497 e. The second-order valence-electron chi connectivity index (χ2n) is 3.71. The van der Waals surface area contributed by atoms with Crippen molar-refractivity contribution in [1.82, 2.24) is 0 Å². The summed E-state index contributed by atoms with van der Waals surface area (Å²) < 4.78 is 11.7. The average molecular weight is 285 g/mol. The molecule has 0 atom stereocenters. The molecule has 0 fully saturated rings. The molecule has 0 saturated heterocycles. The van der Waals surface area contributed by atoms with Gasteiger partial charge in [0, 0.05) is 0 Å². The number of benzene rings is 1. The molecule has 1 aromatic carbocycles. The van der Waals surface area contributed by atoms with E-state index in [1.807, 2.05) is 18.2 Å². The van der Waals surface area contributed by atoms with Crippen LogP contribution in [-0.2, 0) is 0 Å². The van der Waals surface area contributed by atoms with E-state index in [2.05, 4.69) is 35.9 Å². The van der Waals surface area contributed by atoms with E-state index in [0.29, 0.717) is 6.61 Å². The first kappa shape index (κ1) is 13.1. The molecule has 1 aromatic rings. The Balaban J connectivity index is 2.51. The molecule has 0 amide bonds. The molecule has 16 heavy (non-hydrogen) atoms. The predicted molar refractivity (Wildman–Crippen MR) is 70.2 cm³/mol. The first-order valence-corrected chi connectivity index (χ1v) is 6.02. The summed E-state index contributed by atoms with van der Waals surface area (Å²) in [5, 5.41) is 0. The predicted octanol–water partition coefficient (Wildman–Crippen LogP) is 4.19. The molecule has 0 heterocycles. The first-order valence-electron chi connectivity index (χ1n) is 5.23. The Morgan fingerprint density at radius 1 is 1.38 bits per heavy atom. The summed E-state index contributed by atoms with van der Waals surface area (Å²) in [4.78, 5) is 0. The van der Waals surface area contributed by atoms with Crippen LogP contribution >= 0.6 is 15.9 Å². The van der Waals surface area contributed by atoms with Gasteiger partial charge < -0.3 is 9.47 Å². The quantitative estimate of drug-likeness (QED) is 0.596. The third kappa shape index (κ3) is 4.27. The second kappa shape index (κ2) is 6.59. The molecule has 0 aliphatic heterocycles. The van der Waals surface area contributed by atoms with Crippen LogP contribution in [0.5, 0.6) is 11.5 Å². The molecule has 1 rings (SSSR count). The molecule has 0 aliphatic rings. The summed E-state index contributed by atoms with van der Waals surface area (Å²) in [6.07, 6.45) is 3.10. The second-order valence-corrected chi connectivity index (χ2v) is 4.57. The standard InChI is InChI=1S/C13H17BrO2/c1-10(2)5-4-8-16-13-7-6-11(15-3)9-12(13)14/h5-7,9H,4,8H2,1-3H3. The van der Waals surface area contributed by atoms with Crippen molar-refractivity contribution in [1.29, 1.82) is 0 Å². The molecule has 0 bridgehead atoms. The van der Waals surface area contributed by atoms with Crippen molar-refractivity contribution in [2.75, 3.05) is 13.7 Å². The van der Waals surface area contributed by atoms with Gasteiger partial charge >= 0.3 is 0 Å². The highest BCUT2D eigenvalue weighted by molar-refractivity contribution is 9.10. The van der Waals surface area contributed by atoms with E-state index < -0.39 is 0 Å². The van der Waals surface area contributed by atoms with Crippen LogP contribution in [0.15, 0.2) is 34.3 Å². The largest absolute Gasteiger partial charge is 0.497 e. The van der Waals surface area contributed by atoms with Gasteiger partial charge in [0.1, 0.15) is 11.5 Å². The van der Waals surface area contributed by atoms with Gasteiger partial charge in [0.05, 0.1) is 18.2 Å². The number of ether oxygens (including phenoxy) is 2. The molecule has 0 unspecified atom stereocenters. The van der Waals surface area contributed by atoms with Crippen LogP contribution in [0.2, 0.25) is 0 Å². The number of methoxy groups -OCH3 is 1. The van der Waals surface area contributed by atoms with Crippen LogP contribution in [0.1, 0.15) is 20.3 Å². The molecular weight excluding hydrogens is 268 g/mol. The minimum atomic E-state index is 0.691. The minimum absolute atomic E-state index is 0.691. The zero-order chi connectivity index (χ0) is 12.0. The number of halogens is 1. The average Bonchev–Trinajstić information content (AvgIpc) is 2.25. The zero-order valence-corrected chi connectivity index (χ0v) is 11.5. The first-order chi connectivity index (χ1) is 7.63. The molecule has 0 spiro atoms. The maximum Gasteiger partial charge on any atom is 0.133 e. The summed E-state index contributed by atoms with van der Waals surface area (Å²) in [7, 11) is 1.65. The normalized spacial score (nSPS) is 9.75. The summed E-state index contributed by atoms with van der Waals surface area (Å²) in [6.45, 7) is 4.86. The summed E-state index contributed by atoms with van der Waals surface area (Å²) in [6, 6.07) is 5.70. The maximum atomic E-state index is 5.64. The maximum absolute atomic E-state index is 5.64. The van der Waals surface area contributed by atoms with Crippen molar-refractivity contribution >= 4 is 15.9 Å². The van der Waals surface area contributed by atoms with Gasteiger partial charge in [0.25, 0.3) is 0 Å². The van der Waals surface area contributed by atoms with E-state index in [1.54, 1.807) is 7.11 Å². The smallest absolute Gasteiger partial charge is 0.133 e. The van der Waals surface area contributed by atoms with Gasteiger partial charge in [-0.05, 0) is 54.4 Å². The van der Waals surface area contributed by atoms with Gasteiger partial charge in [-0.2, -0.15) is 0 Å². The van der Waals surface area contributed by atoms with Crippen LogP contribution < -0.4 is 9.47 Å². The van der Waals surface area contributed by atoms with Crippen LogP contribution in [0, 0.1) is 0 Å². The van der Waals surface area contributed by atoms with E-state index in [0.717, 1.165) is 22.4 Å². The van der Waals surface area contributed by atoms with E-state index in [4.69, 9.17) is 9.47 Å². The molecule has 0 aromatic heterocycles. The fraction of sp³-hybridized carbons (Fsp3) is 0.385. The van der Waals surface area contributed by atoms with E-state index >= 15 is 0 Å². The van der Waals surface area contributed by atoms with Gasteiger partial charge in [0.15, 0.2) is 0 Å². The lowest BCUT2D eigenvalue weighted by Crippen LogP contribution is -1.96. The van der Waals surface area contributed by atoms with Gasteiger partial charge in [0.2, 0.25) is 0 Å². The van der Waals surface area contributed by atoms with Crippen molar-refractivity contribution in [2.24, 2.45) is 0 Å². The summed E-state index contributed by atoms with van der Waals surface area (Å²) in [5.41, 5.74) is 1.32. The third-order valence-corrected chi connectivity index (χ3v) is 2.69. The molecule has 2 nitrogen and oxygen atoms in total. The Morgan fingerprint density at radius 2 is 2.12 bits per heavy atom. The third-order valence-electron chi connectivity index (χ3n) is 2.07. The highest BCUT2D eigenvalue weighted by atomic mass is 79.9. The molecular formula is C13H17BrO2. The van der Waals surface area contributed by atoms with Crippen molar-refractivity contribution in [3.05, 3.63) is 34.3 Å². The van der Waals surface area contributed by atoms with Gasteiger partial charge in [-0.15, -0.1) is 0 Å². The molecule has 3 heteroatoms. The van der Waals surface area contributed by atoms with Crippen molar-refractivity contribution < 1.29 is 9.47 Å². The van der Waals surface area contributed by atoms with E-state index in [9.17, 15) is 0 Å². The SMILES string of the molecule is COc1ccc(OCCC=C(C)C)c(Br)c1. The molecule has 0 saturated carbocycles. The Kier molecular flexibility index (Phi) is 5.39. The summed E-state index contributed by atoms with van der Waals surface area (Å²) >= 11 is 3.45. The lowest BCUT2D eigenvalue weighted by atomic mass is 10.3. The lowest BCUT2D eigenvalue weighted by Gasteiger charge is -2.08. The molecule has 0 N–H and O–H groups in total. The Hall–Kier alpha value is -0.960. The van der Waals surface area contributed by atoms with E-state index in [1.165, 1.54) is 5.57 Å². The van der Waals surface area contributed by atoms with Gasteiger partial charge in [-0.3, -0.25) is 0 Å². The highest BCUT2D eigenvalue weighted by Crippen LogP contribution is 2.29. The molecule has 0 aliphatic carbocycles. The summed E-state index contributed by atoms with van der Waals surface area (Å²) in [5.74, 6) is 1.67. The van der Waals surface area contributed by atoms with Gasteiger partial charge in [-0.25, -0.2) is 0 Å². The molecule has 88 valence electrons. The fourth-order valence-electron chi connectivity index (χ4n) is 1.24. The fourth-order valence-corrected chi connectivity index (χ4v) is 1.71.